The van der Waals surface area contributed by atoms with Crippen LogP contribution in [0.5, 0.6) is 11.6 Å². The molecule has 31 heavy (non-hydrogen) atoms. The largest absolute Gasteiger partial charge is 0.494 e. The molecule has 0 bridgehead atoms. The minimum Gasteiger partial charge on any atom is -0.494 e. The Balaban J connectivity index is 1.97. The van der Waals surface area contributed by atoms with Gasteiger partial charge in [0.1, 0.15) is 17.4 Å². The molecule has 0 unspecified atom stereocenters. The van der Waals surface area contributed by atoms with Crippen molar-refractivity contribution in [1.82, 2.24) is 4.57 Å². The number of aromatic hydroxyl groups is 1. The highest BCUT2D eigenvalue weighted by Crippen LogP contribution is 2.25. The number of pyridine rings is 1. The Hall–Kier alpha value is -3.56. The van der Waals surface area contributed by atoms with Gasteiger partial charge >= 0.3 is 0 Å². The van der Waals surface area contributed by atoms with Crippen LogP contribution in [0, 0.1) is 18.3 Å². The summed E-state index contributed by atoms with van der Waals surface area (Å²) in [6, 6.07) is 16.0. The standard InChI is InChI=1S/C24H21ClN2O4/c1-3-16-8-10-18(11-9-16)31-14-21(28)22-15(2)19(12-26)23(29)27(24(22)30)13-17-6-4-5-7-20(17)25/h4-11,30H,3,13-14H2,1-2H3. The molecule has 6 nitrogen and oxygen atoms in total. The summed E-state index contributed by atoms with van der Waals surface area (Å²) in [4.78, 5) is 25.7. The normalized spacial score (nSPS) is 10.5. The number of nitrogens with zero attached hydrogens (tertiary/aromatic N) is 2. The van der Waals surface area contributed by atoms with Crippen LogP contribution in [0.3, 0.4) is 0 Å². The Morgan fingerprint density at radius 1 is 1.19 bits per heavy atom. The molecule has 3 aromatic rings. The number of carbonyl (C=O) groups is 1. The summed E-state index contributed by atoms with van der Waals surface area (Å²) in [6.45, 7) is 3.06. The summed E-state index contributed by atoms with van der Waals surface area (Å²) >= 11 is 6.18. The molecule has 0 aliphatic carbocycles. The molecule has 0 aliphatic rings. The molecule has 0 saturated heterocycles. The first-order chi connectivity index (χ1) is 14.9. The number of nitriles is 1. The number of hydrogen-bond donors (Lipinski definition) is 1. The van der Waals surface area contributed by atoms with Gasteiger partial charge in [0, 0.05) is 5.02 Å². The van der Waals surface area contributed by atoms with Crippen molar-refractivity contribution in [3.63, 3.8) is 0 Å². The SMILES string of the molecule is CCc1ccc(OCC(=O)c2c(C)c(C#N)c(=O)n(Cc3ccccc3Cl)c2O)cc1. The third-order valence-electron chi connectivity index (χ3n) is 5.07. The molecule has 7 heteroatoms. The van der Waals surface area contributed by atoms with E-state index in [1.807, 2.05) is 25.1 Å². The van der Waals surface area contributed by atoms with Crippen molar-refractivity contribution in [2.24, 2.45) is 0 Å². The van der Waals surface area contributed by atoms with Gasteiger partial charge in [-0.05, 0) is 48.2 Å². The van der Waals surface area contributed by atoms with Crippen LogP contribution in [0.15, 0.2) is 53.3 Å². The third kappa shape index (κ3) is 4.62. The zero-order valence-corrected chi connectivity index (χ0v) is 17.9. The Morgan fingerprint density at radius 2 is 1.87 bits per heavy atom. The van der Waals surface area contributed by atoms with Gasteiger partial charge in [-0.25, -0.2) is 0 Å². The quantitative estimate of drug-likeness (QED) is 0.558. The second-order valence-electron chi connectivity index (χ2n) is 7.00. The van der Waals surface area contributed by atoms with Crippen molar-refractivity contribution < 1.29 is 14.6 Å². The molecule has 0 aliphatic heterocycles. The Bertz CT molecular complexity index is 1220. The summed E-state index contributed by atoms with van der Waals surface area (Å²) in [5, 5.41) is 20.7. The summed E-state index contributed by atoms with van der Waals surface area (Å²) in [5.41, 5.74) is 0.812. The van der Waals surface area contributed by atoms with E-state index < -0.39 is 17.2 Å². The number of halogens is 1. The lowest BCUT2D eigenvalue weighted by Gasteiger charge is -2.16. The van der Waals surface area contributed by atoms with Gasteiger partial charge in [-0.3, -0.25) is 14.2 Å². The topological polar surface area (TPSA) is 92.3 Å². The lowest BCUT2D eigenvalue weighted by molar-refractivity contribution is 0.0916. The minimum atomic E-state index is -0.690. The molecule has 2 aromatic carbocycles. The Kier molecular flexibility index (Phi) is 6.78. The van der Waals surface area contributed by atoms with Gasteiger partial charge in [-0.1, -0.05) is 48.9 Å². The zero-order valence-electron chi connectivity index (χ0n) is 17.2. The number of carbonyl (C=O) groups excluding carboxylic acids is 1. The van der Waals surface area contributed by atoms with Crippen LogP contribution in [0.2, 0.25) is 5.02 Å². The van der Waals surface area contributed by atoms with Crippen molar-refractivity contribution in [3.8, 4) is 17.7 Å². The summed E-state index contributed by atoms with van der Waals surface area (Å²) in [5.74, 6) is -0.553. The number of ketones is 1. The predicted molar refractivity (Wildman–Crippen MR) is 118 cm³/mol. The summed E-state index contributed by atoms with van der Waals surface area (Å²) < 4.78 is 6.54. The van der Waals surface area contributed by atoms with Crippen molar-refractivity contribution in [2.75, 3.05) is 6.61 Å². The van der Waals surface area contributed by atoms with Crippen molar-refractivity contribution in [2.45, 2.75) is 26.8 Å². The van der Waals surface area contributed by atoms with Gasteiger partial charge in [0.15, 0.2) is 6.61 Å². The molecule has 0 spiro atoms. The molecule has 0 amide bonds. The van der Waals surface area contributed by atoms with Gasteiger partial charge in [0.2, 0.25) is 11.7 Å². The lowest BCUT2D eigenvalue weighted by atomic mass is 10.0. The molecule has 1 aromatic heterocycles. The average Bonchev–Trinajstić information content (AvgIpc) is 2.77. The van der Waals surface area contributed by atoms with Crippen LogP contribution in [0.1, 0.15) is 39.5 Å². The van der Waals surface area contributed by atoms with Gasteiger partial charge in [0.25, 0.3) is 5.56 Å². The highest BCUT2D eigenvalue weighted by molar-refractivity contribution is 6.31. The average molecular weight is 437 g/mol. The number of rotatable bonds is 7. The fraction of sp³-hybridized carbons (Fsp3) is 0.208. The van der Waals surface area contributed by atoms with Crippen molar-refractivity contribution >= 4 is 17.4 Å². The number of ether oxygens (including phenoxy) is 1. The smallest absolute Gasteiger partial charge is 0.271 e. The zero-order chi connectivity index (χ0) is 22.5. The number of hydrogen-bond acceptors (Lipinski definition) is 5. The first-order valence-electron chi connectivity index (χ1n) is 9.72. The van der Waals surface area contributed by atoms with Crippen LogP contribution in [0.4, 0.5) is 0 Å². The number of Topliss-reactive ketones (excluding diaryl/α,β-unsaturated/α-hetero) is 1. The monoisotopic (exact) mass is 436 g/mol. The van der Waals surface area contributed by atoms with Crippen LogP contribution >= 0.6 is 11.6 Å². The number of aryl methyl sites for hydroxylation is 1. The molecule has 1 heterocycles. The van der Waals surface area contributed by atoms with E-state index in [1.54, 1.807) is 36.4 Å². The highest BCUT2D eigenvalue weighted by atomic mass is 35.5. The number of aromatic nitrogens is 1. The molecule has 0 saturated carbocycles. The number of benzene rings is 2. The van der Waals surface area contributed by atoms with E-state index in [9.17, 15) is 20.0 Å². The van der Waals surface area contributed by atoms with Crippen LogP contribution < -0.4 is 10.3 Å². The van der Waals surface area contributed by atoms with Crippen LogP contribution in [-0.4, -0.2) is 22.1 Å². The van der Waals surface area contributed by atoms with Crippen LogP contribution in [0.25, 0.3) is 0 Å². The maximum Gasteiger partial charge on any atom is 0.271 e. The van der Waals surface area contributed by atoms with E-state index in [2.05, 4.69) is 0 Å². The molecule has 0 fully saturated rings. The molecular weight excluding hydrogens is 416 g/mol. The second kappa shape index (κ2) is 9.50. The van der Waals surface area contributed by atoms with E-state index in [-0.39, 0.29) is 29.8 Å². The fourth-order valence-corrected chi connectivity index (χ4v) is 3.47. The van der Waals surface area contributed by atoms with E-state index in [0.717, 1.165) is 16.6 Å². The molecule has 0 atom stereocenters. The third-order valence-corrected chi connectivity index (χ3v) is 5.44. The lowest BCUT2D eigenvalue weighted by Crippen LogP contribution is -2.28. The van der Waals surface area contributed by atoms with E-state index >= 15 is 0 Å². The Morgan fingerprint density at radius 3 is 2.48 bits per heavy atom. The van der Waals surface area contributed by atoms with E-state index in [4.69, 9.17) is 16.3 Å². The van der Waals surface area contributed by atoms with Gasteiger partial charge in [-0.2, -0.15) is 5.26 Å². The van der Waals surface area contributed by atoms with Crippen molar-refractivity contribution in [1.29, 1.82) is 5.26 Å². The molecule has 1 N–H and O–H groups in total. The maximum absolute atomic E-state index is 12.9. The highest BCUT2D eigenvalue weighted by Gasteiger charge is 2.24. The van der Waals surface area contributed by atoms with Gasteiger partial charge in [-0.15, -0.1) is 0 Å². The van der Waals surface area contributed by atoms with Gasteiger partial charge < -0.3 is 9.84 Å². The fourth-order valence-electron chi connectivity index (χ4n) is 3.27. The molecule has 158 valence electrons. The van der Waals surface area contributed by atoms with E-state index in [1.165, 1.54) is 6.92 Å². The van der Waals surface area contributed by atoms with Gasteiger partial charge in [0.05, 0.1) is 12.1 Å². The molecule has 0 radical (unpaired) electrons. The first-order valence-corrected chi connectivity index (χ1v) is 10.1. The predicted octanol–water partition coefficient (Wildman–Crippen LogP) is 4.26. The molecular formula is C24H21ClN2O4. The summed E-state index contributed by atoms with van der Waals surface area (Å²) in [7, 11) is 0. The molecule has 3 rings (SSSR count). The van der Waals surface area contributed by atoms with Crippen molar-refractivity contribution in [3.05, 3.63) is 91.7 Å². The van der Waals surface area contributed by atoms with Crippen LogP contribution in [-0.2, 0) is 13.0 Å². The maximum atomic E-state index is 12.9. The Labute approximate surface area is 184 Å². The first kappa shape index (κ1) is 22.1. The summed E-state index contributed by atoms with van der Waals surface area (Å²) in [6.07, 6.45) is 0.885. The second-order valence-corrected chi connectivity index (χ2v) is 7.41. The minimum absolute atomic E-state index is 0.0844. The van der Waals surface area contributed by atoms with E-state index in [0.29, 0.717) is 16.3 Å².